The molecule has 15 heteroatoms. The van der Waals surface area contributed by atoms with Crippen molar-refractivity contribution in [1.29, 1.82) is 0 Å². The molecular formula is C18H30N6O9. The molecule has 0 aromatic heterocycles. The lowest BCUT2D eigenvalue weighted by Gasteiger charge is -2.25. The SMILES string of the molecule is CC(C)C(NC(=O)C(CCC(=O)O)NC(=O)C(CC(N)=O)NC(=O)C(N)CC(N)=O)C(=O)O. The largest absolute Gasteiger partial charge is 0.481 e. The molecule has 0 aliphatic heterocycles. The second-order valence-electron chi connectivity index (χ2n) is 7.57. The van der Waals surface area contributed by atoms with E-state index in [0.29, 0.717) is 0 Å². The summed E-state index contributed by atoms with van der Waals surface area (Å²) in [5, 5.41) is 24.6. The van der Waals surface area contributed by atoms with E-state index in [1.807, 2.05) is 0 Å². The molecule has 0 fully saturated rings. The second kappa shape index (κ2) is 13.6. The third-order valence-electron chi connectivity index (χ3n) is 4.31. The van der Waals surface area contributed by atoms with Crippen molar-refractivity contribution in [1.82, 2.24) is 16.0 Å². The number of hydrogen-bond acceptors (Lipinski definition) is 8. The maximum absolute atomic E-state index is 12.7. The first kappa shape index (κ1) is 29.2. The van der Waals surface area contributed by atoms with E-state index in [-0.39, 0.29) is 0 Å². The standard InChI is InChI=1S/C18H30N6O9/c1-7(2)14(18(32)33)24-16(30)9(3-4-13(27)28)22-17(31)10(6-12(21)26)23-15(29)8(19)5-11(20)25/h7-10,14H,3-6,19H2,1-2H3,(H2,20,25)(H2,21,26)(H,22,31)(H,23,29)(H,24,30)(H,27,28)(H,32,33). The Morgan fingerprint density at radius 3 is 1.67 bits per heavy atom. The normalized spacial score (nSPS) is 14.3. The minimum Gasteiger partial charge on any atom is -0.481 e. The Morgan fingerprint density at radius 1 is 0.758 bits per heavy atom. The van der Waals surface area contributed by atoms with Crippen LogP contribution < -0.4 is 33.2 Å². The van der Waals surface area contributed by atoms with Crippen molar-refractivity contribution in [3.8, 4) is 0 Å². The molecule has 11 N–H and O–H groups in total. The van der Waals surface area contributed by atoms with E-state index in [0.717, 1.165) is 0 Å². The van der Waals surface area contributed by atoms with E-state index < -0.39 is 97.2 Å². The van der Waals surface area contributed by atoms with Gasteiger partial charge in [0.2, 0.25) is 29.5 Å². The molecule has 5 amide bonds. The zero-order valence-electron chi connectivity index (χ0n) is 18.2. The van der Waals surface area contributed by atoms with Crippen molar-refractivity contribution < 1.29 is 43.8 Å². The van der Waals surface area contributed by atoms with Crippen molar-refractivity contribution in [3.63, 3.8) is 0 Å². The summed E-state index contributed by atoms with van der Waals surface area (Å²) in [5.41, 5.74) is 15.5. The Labute approximate surface area is 188 Å². The Morgan fingerprint density at radius 2 is 1.24 bits per heavy atom. The number of nitrogens with one attached hydrogen (secondary N) is 3. The van der Waals surface area contributed by atoms with Gasteiger partial charge in [-0.3, -0.25) is 28.8 Å². The molecule has 0 aromatic rings. The predicted molar refractivity (Wildman–Crippen MR) is 111 cm³/mol. The van der Waals surface area contributed by atoms with Gasteiger partial charge >= 0.3 is 11.9 Å². The highest BCUT2D eigenvalue weighted by Gasteiger charge is 2.32. The molecule has 0 aromatic carbocycles. The van der Waals surface area contributed by atoms with Gasteiger partial charge < -0.3 is 43.4 Å². The van der Waals surface area contributed by atoms with Gasteiger partial charge in [-0.2, -0.15) is 0 Å². The fourth-order valence-corrected chi connectivity index (χ4v) is 2.58. The van der Waals surface area contributed by atoms with Crippen molar-refractivity contribution in [2.24, 2.45) is 23.1 Å². The Hall–Kier alpha value is -3.75. The molecule has 0 rings (SSSR count). The molecule has 15 nitrogen and oxygen atoms in total. The number of carboxylic acids is 2. The van der Waals surface area contributed by atoms with Crippen LogP contribution in [-0.2, 0) is 33.6 Å². The number of aliphatic carboxylic acids is 2. The van der Waals surface area contributed by atoms with Gasteiger partial charge in [0, 0.05) is 6.42 Å². The summed E-state index contributed by atoms with van der Waals surface area (Å²) >= 11 is 0. The van der Waals surface area contributed by atoms with Crippen molar-refractivity contribution in [2.75, 3.05) is 0 Å². The van der Waals surface area contributed by atoms with Gasteiger partial charge in [-0.25, -0.2) is 4.79 Å². The average molecular weight is 474 g/mol. The summed E-state index contributed by atoms with van der Waals surface area (Å²) in [5.74, 6) is -8.14. The number of nitrogens with two attached hydrogens (primary N) is 3. The second-order valence-corrected chi connectivity index (χ2v) is 7.57. The molecule has 0 heterocycles. The van der Waals surface area contributed by atoms with Gasteiger partial charge in [0.15, 0.2) is 0 Å². The summed E-state index contributed by atoms with van der Waals surface area (Å²) in [6.45, 7) is 3.05. The van der Waals surface area contributed by atoms with E-state index in [4.69, 9.17) is 22.3 Å². The van der Waals surface area contributed by atoms with E-state index in [1.165, 1.54) is 13.8 Å². The lowest BCUT2D eigenvalue weighted by molar-refractivity contribution is -0.144. The number of carbonyl (C=O) groups is 7. The van der Waals surface area contributed by atoms with Crippen LogP contribution in [0, 0.1) is 5.92 Å². The lowest BCUT2D eigenvalue weighted by Crippen LogP contribution is -2.58. The molecule has 0 bridgehead atoms. The molecule has 0 saturated heterocycles. The summed E-state index contributed by atoms with van der Waals surface area (Å²) in [6, 6.07) is -5.89. The summed E-state index contributed by atoms with van der Waals surface area (Å²) in [4.78, 5) is 81.9. The topological polar surface area (TPSA) is 274 Å². The van der Waals surface area contributed by atoms with Crippen LogP contribution in [0.2, 0.25) is 0 Å². The number of amides is 5. The van der Waals surface area contributed by atoms with Gasteiger partial charge in [-0.05, 0) is 12.3 Å². The Bertz CT molecular complexity index is 785. The minimum absolute atomic E-state index is 0.421. The third-order valence-corrected chi connectivity index (χ3v) is 4.31. The molecule has 4 atom stereocenters. The van der Waals surface area contributed by atoms with Crippen LogP contribution in [0.5, 0.6) is 0 Å². The van der Waals surface area contributed by atoms with Crippen LogP contribution in [0.15, 0.2) is 0 Å². The molecule has 0 spiro atoms. The van der Waals surface area contributed by atoms with Crippen LogP contribution in [-0.4, -0.2) is 75.9 Å². The van der Waals surface area contributed by atoms with E-state index in [1.54, 1.807) is 0 Å². The van der Waals surface area contributed by atoms with Crippen molar-refractivity contribution in [2.45, 2.75) is 63.7 Å². The molecular weight excluding hydrogens is 444 g/mol. The maximum atomic E-state index is 12.7. The predicted octanol–water partition coefficient (Wildman–Crippen LogP) is -3.88. The molecule has 0 saturated carbocycles. The molecule has 0 aliphatic rings. The van der Waals surface area contributed by atoms with Crippen LogP contribution in [0.4, 0.5) is 0 Å². The Kier molecular flexibility index (Phi) is 12.1. The third kappa shape index (κ3) is 11.4. The van der Waals surface area contributed by atoms with E-state index in [2.05, 4.69) is 16.0 Å². The maximum Gasteiger partial charge on any atom is 0.326 e. The summed E-state index contributed by atoms with van der Waals surface area (Å²) < 4.78 is 0. The van der Waals surface area contributed by atoms with Gasteiger partial charge in [-0.1, -0.05) is 13.8 Å². The molecule has 0 aliphatic carbocycles. The Balaban J connectivity index is 5.60. The minimum atomic E-state index is -1.62. The van der Waals surface area contributed by atoms with Gasteiger partial charge in [-0.15, -0.1) is 0 Å². The van der Waals surface area contributed by atoms with E-state index >= 15 is 0 Å². The molecule has 4 unspecified atom stereocenters. The molecule has 0 radical (unpaired) electrons. The highest BCUT2D eigenvalue weighted by Crippen LogP contribution is 2.06. The highest BCUT2D eigenvalue weighted by atomic mass is 16.4. The molecule has 33 heavy (non-hydrogen) atoms. The van der Waals surface area contributed by atoms with Crippen LogP contribution in [0.3, 0.4) is 0 Å². The van der Waals surface area contributed by atoms with E-state index in [9.17, 15) is 38.7 Å². The molecule has 186 valence electrons. The first-order chi connectivity index (χ1) is 15.1. The fraction of sp³-hybridized carbons (Fsp3) is 0.611. The monoisotopic (exact) mass is 474 g/mol. The average Bonchev–Trinajstić information content (AvgIpc) is 2.66. The van der Waals surface area contributed by atoms with Crippen LogP contribution in [0.25, 0.3) is 0 Å². The number of hydrogen-bond donors (Lipinski definition) is 8. The first-order valence-corrected chi connectivity index (χ1v) is 9.83. The zero-order valence-corrected chi connectivity index (χ0v) is 18.2. The number of rotatable bonds is 15. The van der Waals surface area contributed by atoms with Crippen LogP contribution >= 0.6 is 0 Å². The van der Waals surface area contributed by atoms with Crippen molar-refractivity contribution in [3.05, 3.63) is 0 Å². The quantitative estimate of drug-likeness (QED) is 0.114. The van der Waals surface area contributed by atoms with Gasteiger partial charge in [0.25, 0.3) is 0 Å². The smallest absolute Gasteiger partial charge is 0.326 e. The summed E-state index contributed by atoms with van der Waals surface area (Å²) in [7, 11) is 0. The first-order valence-electron chi connectivity index (χ1n) is 9.83. The van der Waals surface area contributed by atoms with Crippen molar-refractivity contribution >= 4 is 41.5 Å². The number of primary amides is 2. The van der Waals surface area contributed by atoms with Crippen LogP contribution in [0.1, 0.15) is 39.5 Å². The number of carboxylic acid groups (broad SMARTS) is 2. The fourth-order valence-electron chi connectivity index (χ4n) is 2.58. The highest BCUT2D eigenvalue weighted by molar-refractivity contribution is 5.97. The number of carbonyl (C=O) groups excluding carboxylic acids is 5. The van der Waals surface area contributed by atoms with Gasteiger partial charge in [0.1, 0.15) is 18.1 Å². The zero-order chi connectivity index (χ0) is 25.9. The lowest BCUT2D eigenvalue weighted by atomic mass is 10.0. The summed E-state index contributed by atoms with van der Waals surface area (Å²) in [6.07, 6.45) is -2.24. The van der Waals surface area contributed by atoms with Gasteiger partial charge in [0.05, 0.1) is 18.9 Å².